The molecule has 1 aliphatic rings. The van der Waals surface area contributed by atoms with E-state index in [2.05, 4.69) is 33.4 Å². The molecule has 0 spiro atoms. The first-order valence-corrected chi connectivity index (χ1v) is 10.1. The maximum Gasteiger partial charge on any atom is 0.317 e. The maximum absolute atomic E-state index is 12.3. The van der Waals surface area contributed by atoms with Crippen LogP contribution in [0.4, 0.5) is 10.6 Å². The molecule has 0 saturated carbocycles. The van der Waals surface area contributed by atoms with E-state index in [-0.39, 0.29) is 6.03 Å². The molecule has 7 heteroatoms. The normalized spacial score (nSPS) is 13.9. The fourth-order valence-corrected chi connectivity index (χ4v) is 3.76. The van der Waals surface area contributed by atoms with E-state index in [0.29, 0.717) is 25.2 Å². The molecule has 3 rings (SSSR count). The molecule has 2 aromatic rings. The Bertz CT molecular complexity index is 784. The smallest absolute Gasteiger partial charge is 0.317 e. The number of urea groups is 1. The zero-order valence-electron chi connectivity index (χ0n) is 15.2. The van der Waals surface area contributed by atoms with E-state index in [1.54, 1.807) is 18.3 Å². The first-order chi connectivity index (χ1) is 13.3. The van der Waals surface area contributed by atoms with Gasteiger partial charge in [-0.1, -0.05) is 18.2 Å². The number of amides is 2. The van der Waals surface area contributed by atoms with Crippen LogP contribution in [-0.2, 0) is 0 Å². The highest BCUT2D eigenvalue weighted by Gasteiger charge is 2.21. The molecule has 1 saturated heterocycles. The minimum Gasteiger partial charge on any atom is -0.353 e. The van der Waals surface area contributed by atoms with Gasteiger partial charge in [0, 0.05) is 43.8 Å². The molecular formula is C20H23N5OS. The fourth-order valence-electron chi connectivity index (χ4n) is 2.89. The number of hydrogen-bond donors (Lipinski definition) is 1. The lowest BCUT2D eigenvalue weighted by molar-refractivity contribution is 0.194. The summed E-state index contributed by atoms with van der Waals surface area (Å²) >= 11 is 1.81. The third kappa shape index (κ3) is 5.63. The van der Waals surface area contributed by atoms with E-state index in [0.717, 1.165) is 31.1 Å². The third-order valence-electron chi connectivity index (χ3n) is 4.37. The van der Waals surface area contributed by atoms with Gasteiger partial charge >= 0.3 is 6.03 Å². The van der Waals surface area contributed by atoms with Crippen molar-refractivity contribution in [1.82, 2.24) is 15.2 Å². The van der Waals surface area contributed by atoms with Crippen molar-refractivity contribution in [3.63, 3.8) is 0 Å². The molecule has 0 unspecified atom stereocenters. The van der Waals surface area contributed by atoms with Crippen molar-refractivity contribution in [2.75, 3.05) is 43.4 Å². The van der Waals surface area contributed by atoms with Gasteiger partial charge in [-0.15, -0.1) is 11.8 Å². The minimum absolute atomic E-state index is 0.00176. The number of pyridine rings is 1. The number of hydrogen-bond acceptors (Lipinski definition) is 5. The van der Waals surface area contributed by atoms with Crippen molar-refractivity contribution >= 4 is 23.6 Å². The Balaban J connectivity index is 1.35. The van der Waals surface area contributed by atoms with Gasteiger partial charge in [0.05, 0.1) is 11.6 Å². The van der Waals surface area contributed by atoms with Crippen LogP contribution in [0.25, 0.3) is 0 Å². The van der Waals surface area contributed by atoms with Gasteiger partial charge in [-0.25, -0.2) is 9.78 Å². The van der Waals surface area contributed by atoms with Gasteiger partial charge in [0.1, 0.15) is 5.82 Å². The summed E-state index contributed by atoms with van der Waals surface area (Å²) in [5, 5.41) is 12.0. The number of rotatable bonds is 6. The summed E-state index contributed by atoms with van der Waals surface area (Å²) in [5.41, 5.74) is 0.605. The maximum atomic E-state index is 12.3. The molecule has 0 aliphatic carbocycles. The molecule has 6 nitrogen and oxygen atoms in total. The number of nitrogens with zero attached hydrogens (tertiary/aromatic N) is 4. The Morgan fingerprint density at radius 2 is 1.96 bits per heavy atom. The van der Waals surface area contributed by atoms with E-state index < -0.39 is 0 Å². The molecule has 27 heavy (non-hydrogen) atoms. The third-order valence-corrected chi connectivity index (χ3v) is 5.47. The summed E-state index contributed by atoms with van der Waals surface area (Å²) in [6, 6.07) is 15.9. The molecule has 1 aromatic carbocycles. The van der Waals surface area contributed by atoms with Crippen LogP contribution in [0, 0.1) is 11.3 Å². The Morgan fingerprint density at radius 1 is 1.19 bits per heavy atom. The number of carbonyl (C=O) groups is 1. The monoisotopic (exact) mass is 381 g/mol. The van der Waals surface area contributed by atoms with Gasteiger partial charge in [0.15, 0.2) is 0 Å². The Morgan fingerprint density at radius 3 is 2.70 bits per heavy atom. The number of anilines is 1. The van der Waals surface area contributed by atoms with E-state index in [4.69, 9.17) is 5.26 Å². The second-order valence-corrected chi connectivity index (χ2v) is 7.40. The Kier molecular flexibility index (Phi) is 6.94. The second kappa shape index (κ2) is 9.83. The molecule has 2 heterocycles. The van der Waals surface area contributed by atoms with Crippen LogP contribution in [-0.4, -0.2) is 54.4 Å². The van der Waals surface area contributed by atoms with Crippen molar-refractivity contribution < 1.29 is 4.79 Å². The van der Waals surface area contributed by atoms with E-state index in [1.165, 1.54) is 4.90 Å². The van der Waals surface area contributed by atoms with Crippen LogP contribution in [0.2, 0.25) is 0 Å². The largest absolute Gasteiger partial charge is 0.353 e. The lowest BCUT2D eigenvalue weighted by Crippen LogP contribution is -2.52. The summed E-state index contributed by atoms with van der Waals surface area (Å²) in [6.45, 7) is 3.44. The first kappa shape index (κ1) is 19.1. The van der Waals surface area contributed by atoms with E-state index in [1.807, 2.05) is 34.9 Å². The highest BCUT2D eigenvalue weighted by atomic mass is 32.2. The number of nitrogens with one attached hydrogen (secondary N) is 1. The van der Waals surface area contributed by atoms with Gasteiger partial charge in [0.2, 0.25) is 0 Å². The molecule has 0 bridgehead atoms. The zero-order valence-corrected chi connectivity index (χ0v) is 16.0. The van der Waals surface area contributed by atoms with Crippen LogP contribution in [0.1, 0.15) is 12.0 Å². The van der Waals surface area contributed by atoms with Crippen LogP contribution in [0.3, 0.4) is 0 Å². The number of piperazine rings is 1. The average molecular weight is 382 g/mol. The number of benzene rings is 1. The Hall–Kier alpha value is -2.72. The molecule has 1 aliphatic heterocycles. The second-order valence-electron chi connectivity index (χ2n) is 6.24. The van der Waals surface area contributed by atoms with Crippen molar-refractivity contribution in [3.05, 3.63) is 54.2 Å². The molecule has 0 radical (unpaired) electrons. The van der Waals surface area contributed by atoms with Crippen LogP contribution in [0.5, 0.6) is 0 Å². The van der Waals surface area contributed by atoms with Crippen molar-refractivity contribution in [2.24, 2.45) is 0 Å². The Labute approximate surface area is 164 Å². The highest BCUT2D eigenvalue weighted by Crippen LogP contribution is 2.17. The number of aromatic nitrogens is 1. The summed E-state index contributed by atoms with van der Waals surface area (Å²) in [5.74, 6) is 1.78. The van der Waals surface area contributed by atoms with Gasteiger partial charge in [-0.05, 0) is 36.4 Å². The van der Waals surface area contributed by atoms with Crippen molar-refractivity contribution in [1.29, 1.82) is 5.26 Å². The molecule has 2 amide bonds. The van der Waals surface area contributed by atoms with Crippen LogP contribution < -0.4 is 10.2 Å². The quantitative estimate of drug-likeness (QED) is 0.615. The minimum atomic E-state index is -0.00176. The summed E-state index contributed by atoms with van der Waals surface area (Å²) in [7, 11) is 0. The van der Waals surface area contributed by atoms with Crippen molar-refractivity contribution in [2.45, 2.75) is 11.3 Å². The summed E-state index contributed by atoms with van der Waals surface area (Å²) in [4.78, 5) is 21.8. The van der Waals surface area contributed by atoms with Gasteiger partial charge in [0.25, 0.3) is 0 Å². The first-order valence-electron chi connectivity index (χ1n) is 9.08. The standard InChI is InChI=1S/C20H23N5OS/c21-16-17-7-9-22-19(15-17)24-10-12-25(13-11-24)20(26)23-8-4-14-27-18-5-2-1-3-6-18/h1-3,5-7,9,15H,4,8,10-14H2,(H,23,26). The highest BCUT2D eigenvalue weighted by molar-refractivity contribution is 7.99. The molecule has 1 fully saturated rings. The number of thioether (sulfide) groups is 1. The molecule has 0 atom stereocenters. The van der Waals surface area contributed by atoms with Gasteiger partial charge in [-0.2, -0.15) is 5.26 Å². The van der Waals surface area contributed by atoms with Crippen LogP contribution >= 0.6 is 11.8 Å². The number of nitriles is 1. The SMILES string of the molecule is N#Cc1ccnc(N2CCN(C(=O)NCCCSc3ccccc3)CC2)c1. The van der Waals surface area contributed by atoms with Crippen molar-refractivity contribution in [3.8, 4) is 6.07 Å². The fraction of sp³-hybridized carbons (Fsp3) is 0.350. The molecule has 1 N–H and O–H groups in total. The lowest BCUT2D eigenvalue weighted by Gasteiger charge is -2.35. The molecular weight excluding hydrogens is 358 g/mol. The summed E-state index contributed by atoms with van der Waals surface area (Å²) in [6.07, 6.45) is 2.59. The predicted molar refractivity (Wildman–Crippen MR) is 108 cm³/mol. The number of carbonyl (C=O) groups excluding carboxylic acids is 1. The lowest BCUT2D eigenvalue weighted by atomic mass is 10.2. The average Bonchev–Trinajstić information content (AvgIpc) is 2.74. The van der Waals surface area contributed by atoms with Gasteiger partial charge in [-0.3, -0.25) is 0 Å². The topological polar surface area (TPSA) is 72.3 Å². The van der Waals surface area contributed by atoms with Gasteiger partial charge < -0.3 is 15.1 Å². The van der Waals surface area contributed by atoms with E-state index in [9.17, 15) is 4.79 Å². The predicted octanol–water partition coefficient (Wildman–Crippen LogP) is 2.97. The zero-order chi connectivity index (χ0) is 18.9. The molecule has 140 valence electrons. The molecule has 1 aromatic heterocycles. The summed E-state index contributed by atoms with van der Waals surface area (Å²) < 4.78 is 0. The van der Waals surface area contributed by atoms with E-state index >= 15 is 0 Å². The van der Waals surface area contributed by atoms with Crippen LogP contribution in [0.15, 0.2) is 53.6 Å².